The van der Waals surface area contributed by atoms with Gasteiger partial charge in [-0.2, -0.15) is 0 Å². The van der Waals surface area contributed by atoms with Crippen molar-refractivity contribution in [2.75, 3.05) is 6.26 Å². The molecule has 12 heavy (non-hydrogen) atoms. The fraction of sp³-hybridized carbons (Fsp3) is 0.200. The Morgan fingerprint density at radius 2 is 2.25 bits per heavy atom. The highest BCUT2D eigenvalue weighted by atomic mass is 32.2. The topological polar surface area (TPSA) is 84.3 Å². The van der Waals surface area contributed by atoms with Crippen molar-refractivity contribution in [2.24, 2.45) is 0 Å². The highest BCUT2D eigenvalue weighted by Gasteiger charge is 2.15. The first-order valence-corrected chi connectivity index (χ1v) is 5.51. The van der Waals surface area contributed by atoms with Gasteiger partial charge in [-0.25, -0.2) is 18.2 Å². The molecule has 5 nitrogen and oxygen atoms in total. The Kier molecular flexibility index (Phi) is 2.16. The van der Waals surface area contributed by atoms with Crippen LogP contribution in [0.25, 0.3) is 0 Å². The molecule has 1 heterocycles. The summed E-state index contributed by atoms with van der Waals surface area (Å²) in [5, 5.41) is 8.44. The third-order valence-corrected chi connectivity index (χ3v) is 3.69. The zero-order valence-corrected chi connectivity index (χ0v) is 7.65. The van der Waals surface area contributed by atoms with E-state index in [1.54, 1.807) is 0 Å². The number of thiazole rings is 1. The van der Waals surface area contributed by atoms with Crippen molar-refractivity contribution in [3.63, 3.8) is 0 Å². The summed E-state index contributed by atoms with van der Waals surface area (Å²) in [6.07, 6.45) is 2.01. The van der Waals surface area contributed by atoms with Crippen molar-refractivity contribution in [2.45, 2.75) is 4.34 Å². The highest BCUT2D eigenvalue weighted by Crippen LogP contribution is 2.17. The molecule has 0 aliphatic carbocycles. The average molecular weight is 207 g/mol. The molecule has 0 bridgehead atoms. The van der Waals surface area contributed by atoms with E-state index >= 15 is 0 Å². The molecule has 0 spiro atoms. The van der Waals surface area contributed by atoms with Gasteiger partial charge in [-0.05, 0) is 0 Å². The van der Waals surface area contributed by atoms with Crippen LogP contribution in [-0.2, 0) is 9.84 Å². The molecule has 0 aromatic carbocycles. The Bertz CT molecular complexity index is 405. The molecular weight excluding hydrogens is 202 g/mol. The lowest BCUT2D eigenvalue weighted by Gasteiger charge is -1.85. The molecule has 0 saturated carbocycles. The normalized spacial score (nSPS) is 11.4. The summed E-state index contributed by atoms with van der Waals surface area (Å²) in [6.45, 7) is 0. The molecule has 1 aromatic rings. The number of carboxylic acids is 1. The number of carbonyl (C=O) groups is 1. The predicted octanol–water partition coefficient (Wildman–Crippen LogP) is 0.245. The number of aromatic nitrogens is 1. The smallest absolute Gasteiger partial charge is 0.347 e. The second-order valence-corrected chi connectivity index (χ2v) is 5.29. The number of hydrogen-bond donors (Lipinski definition) is 1. The van der Waals surface area contributed by atoms with Crippen LogP contribution in [0.4, 0.5) is 0 Å². The van der Waals surface area contributed by atoms with Crippen molar-refractivity contribution in [1.29, 1.82) is 0 Å². The van der Waals surface area contributed by atoms with Crippen molar-refractivity contribution < 1.29 is 18.3 Å². The summed E-state index contributed by atoms with van der Waals surface area (Å²) in [4.78, 5) is 13.7. The second-order valence-electron chi connectivity index (χ2n) is 2.07. The van der Waals surface area contributed by atoms with Gasteiger partial charge in [-0.3, -0.25) is 0 Å². The summed E-state index contributed by atoms with van der Waals surface area (Å²) < 4.78 is 21.5. The molecule has 0 radical (unpaired) electrons. The van der Waals surface area contributed by atoms with Gasteiger partial charge in [0.05, 0.1) is 6.20 Å². The van der Waals surface area contributed by atoms with E-state index < -0.39 is 15.8 Å². The van der Waals surface area contributed by atoms with Crippen LogP contribution in [0.1, 0.15) is 9.67 Å². The van der Waals surface area contributed by atoms with Gasteiger partial charge in [0.25, 0.3) is 0 Å². The lowest BCUT2D eigenvalue weighted by Crippen LogP contribution is -1.94. The van der Waals surface area contributed by atoms with E-state index in [9.17, 15) is 13.2 Å². The molecular formula is C5H5NO4S2. The number of aromatic carboxylic acids is 1. The highest BCUT2D eigenvalue weighted by molar-refractivity contribution is 7.92. The molecule has 1 N–H and O–H groups in total. The number of rotatable bonds is 2. The van der Waals surface area contributed by atoms with Crippen LogP contribution in [0.3, 0.4) is 0 Å². The van der Waals surface area contributed by atoms with Gasteiger partial charge >= 0.3 is 5.97 Å². The number of carboxylic acid groups (broad SMARTS) is 1. The molecule has 0 fully saturated rings. The Hall–Kier alpha value is -0.950. The van der Waals surface area contributed by atoms with E-state index in [1.807, 2.05) is 0 Å². The molecule has 0 amide bonds. The zero-order valence-electron chi connectivity index (χ0n) is 6.01. The van der Waals surface area contributed by atoms with Gasteiger partial charge in [0.1, 0.15) is 4.88 Å². The Morgan fingerprint density at radius 3 is 2.50 bits per heavy atom. The molecule has 0 aliphatic rings. The molecule has 0 aliphatic heterocycles. The third kappa shape index (κ3) is 1.80. The summed E-state index contributed by atoms with van der Waals surface area (Å²) >= 11 is 0.649. The lowest BCUT2D eigenvalue weighted by atomic mass is 10.6. The van der Waals surface area contributed by atoms with Crippen LogP contribution in [0.2, 0.25) is 0 Å². The third-order valence-electron chi connectivity index (χ3n) is 1.01. The molecule has 0 atom stereocenters. The molecule has 7 heteroatoms. The van der Waals surface area contributed by atoms with E-state index in [0.717, 1.165) is 12.5 Å². The number of hydrogen-bond acceptors (Lipinski definition) is 5. The number of sulfone groups is 1. The summed E-state index contributed by atoms with van der Waals surface area (Å²) in [5.41, 5.74) is 0. The lowest BCUT2D eigenvalue weighted by molar-refractivity contribution is 0.0702. The summed E-state index contributed by atoms with van der Waals surface area (Å²) in [6, 6.07) is 0. The van der Waals surface area contributed by atoms with Gasteiger partial charge < -0.3 is 5.11 Å². The van der Waals surface area contributed by atoms with Crippen molar-refractivity contribution in [1.82, 2.24) is 4.98 Å². The van der Waals surface area contributed by atoms with Crippen LogP contribution >= 0.6 is 11.3 Å². The Morgan fingerprint density at radius 1 is 1.67 bits per heavy atom. The van der Waals surface area contributed by atoms with Crippen LogP contribution < -0.4 is 0 Å². The standard InChI is InChI=1S/C5H5NO4S2/c1-12(9,10)5-6-2-3(11-5)4(7)8/h2H,1H3,(H,7,8). The first-order chi connectivity index (χ1) is 5.41. The van der Waals surface area contributed by atoms with Gasteiger partial charge in [0.2, 0.25) is 14.2 Å². The van der Waals surface area contributed by atoms with E-state index in [-0.39, 0.29) is 9.22 Å². The minimum absolute atomic E-state index is 0.0737. The van der Waals surface area contributed by atoms with Crippen LogP contribution in [0.15, 0.2) is 10.5 Å². The molecule has 0 saturated heterocycles. The Balaban J connectivity index is 3.17. The summed E-state index contributed by atoms with van der Waals surface area (Å²) in [7, 11) is -3.37. The first-order valence-electron chi connectivity index (χ1n) is 2.80. The largest absolute Gasteiger partial charge is 0.477 e. The summed E-state index contributed by atoms with van der Waals surface area (Å²) in [5.74, 6) is -1.16. The molecule has 1 rings (SSSR count). The van der Waals surface area contributed by atoms with Gasteiger partial charge in [-0.15, -0.1) is 0 Å². The second kappa shape index (κ2) is 2.83. The van der Waals surface area contributed by atoms with E-state index in [2.05, 4.69) is 4.98 Å². The molecule has 1 aromatic heterocycles. The SMILES string of the molecule is CS(=O)(=O)c1ncc(C(=O)O)s1. The minimum atomic E-state index is -3.37. The zero-order chi connectivity index (χ0) is 9.35. The maximum absolute atomic E-state index is 10.8. The maximum Gasteiger partial charge on any atom is 0.347 e. The maximum atomic E-state index is 10.8. The van der Waals surface area contributed by atoms with Crippen molar-refractivity contribution in [3.8, 4) is 0 Å². The average Bonchev–Trinajstić information content (AvgIpc) is 2.30. The Labute approximate surface area is 72.6 Å². The van der Waals surface area contributed by atoms with Crippen molar-refractivity contribution >= 4 is 27.1 Å². The van der Waals surface area contributed by atoms with Crippen molar-refractivity contribution in [3.05, 3.63) is 11.1 Å². The first kappa shape index (κ1) is 9.14. The quantitative estimate of drug-likeness (QED) is 0.751. The monoisotopic (exact) mass is 207 g/mol. The van der Waals surface area contributed by atoms with Gasteiger partial charge in [0, 0.05) is 6.26 Å². The fourth-order valence-electron chi connectivity index (χ4n) is 0.528. The van der Waals surface area contributed by atoms with Gasteiger partial charge in [0.15, 0.2) is 0 Å². The van der Waals surface area contributed by atoms with Gasteiger partial charge in [-0.1, -0.05) is 11.3 Å². The van der Waals surface area contributed by atoms with Crippen LogP contribution in [0, 0.1) is 0 Å². The fourth-order valence-corrected chi connectivity index (χ4v) is 2.13. The van der Waals surface area contributed by atoms with E-state index in [1.165, 1.54) is 0 Å². The van der Waals surface area contributed by atoms with E-state index in [4.69, 9.17) is 5.11 Å². The number of nitrogens with zero attached hydrogens (tertiary/aromatic N) is 1. The minimum Gasteiger partial charge on any atom is -0.477 e. The molecule has 0 unspecified atom stereocenters. The van der Waals surface area contributed by atoms with Crippen LogP contribution in [0.5, 0.6) is 0 Å². The van der Waals surface area contributed by atoms with Crippen LogP contribution in [-0.4, -0.2) is 30.7 Å². The van der Waals surface area contributed by atoms with E-state index in [0.29, 0.717) is 11.3 Å². The molecule has 66 valence electrons. The predicted molar refractivity (Wildman–Crippen MR) is 42.2 cm³/mol.